The molecule has 3 heteroatoms. The number of hydrogen-bond donors (Lipinski definition) is 0. The van der Waals surface area contributed by atoms with Crippen molar-refractivity contribution in [3.63, 3.8) is 0 Å². The van der Waals surface area contributed by atoms with Gasteiger partial charge in [-0.25, -0.2) is 0 Å². The van der Waals surface area contributed by atoms with E-state index >= 15 is 0 Å². The van der Waals surface area contributed by atoms with Crippen LogP contribution in [0.5, 0.6) is 0 Å². The maximum Gasteiger partial charge on any atom is 0.332 e. The quantitative estimate of drug-likeness (QED) is 0.237. The van der Waals surface area contributed by atoms with Crippen molar-refractivity contribution in [3.05, 3.63) is 96.1 Å². The lowest BCUT2D eigenvalue weighted by atomic mass is 9.47. The minimum absolute atomic E-state index is 0.0119. The highest BCUT2D eigenvalue weighted by atomic mass is 15.1. The smallest absolute Gasteiger partial charge is 0.332 e. The van der Waals surface area contributed by atoms with Gasteiger partial charge in [0.2, 0.25) is 0 Å². The molecule has 2 nitrogen and oxygen atoms in total. The first-order chi connectivity index (χ1) is 17.1. The number of nitrogens with zero attached hydrogens (tertiary/aromatic N) is 2. The van der Waals surface area contributed by atoms with E-state index in [0.717, 1.165) is 0 Å². The Morgan fingerprint density at radius 2 is 0.944 bits per heavy atom. The van der Waals surface area contributed by atoms with Crippen LogP contribution in [-0.4, -0.2) is 18.4 Å². The van der Waals surface area contributed by atoms with Crippen LogP contribution in [0.4, 0.5) is 11.4 Å². The van der Waals surface area contributed by atoms with Gasteiger partial charge in [0.25, 0.3) is 0 Å². The Morgan fingerprint density at radius 1 is 0.528 bits per heavy atom. The van der Waals surface area contributed by atoms with E-state index in [2.05, 4.69) is 143 Å². The van der Waals surface area contributed by atoms with Gasteiger partial charge in [-0.05, 0) is 45.0 Å². The van der Waals surface area contributed by atoms with Crippen molar-refractivity contribution in [3.8, 4) is 0 Å². The van der Waals surface area contributed by atoms with Gasteiger partial charge in [-0.3, -0.25) is 0 Å². The normalized spacial score (nSPS) is 13.9. The molecule has 180 valence electrons. The highest BCUT2D eigenvalue weighted by molar-refractivity contribution is 6.88. The molecule has 6 rings (SSSR count). The zero-order valence-electron chi connectivity index (χ0n) is 22.6. The Labute approximate surface area is 215 Å². The van der Waals surface area contributed by atoms with E-state index in [1.807, 2.05) is 0 Å². The van der Waals surface area contributed by atoms with E-state index in [-0.39, 0.29) is 17.7 Å². The van der Waals surface area contributed by atoms with Gasteiger partial charge < -0.3 is 9.38 Å². The van der Waals surface area contributed by atoms with Gasteiger partial charge in [-0.1, -0.05) is 114 Å². The number of rotatable bonds is 1. The van der Waals surface area contributed by atoms with Gasteiger partial charge in [0, 0.05) is 40.2 Å². The molecule has 0 unspecified atom stereocenters. The van der Waals surface area contributed by atoms with Crippen LogP contribution in [0.1, 0.15) is 52.7 Å². The Hall–Kier alpha value is -3.46. The number of anilines is 2. The maximum atomic E-state index is 2.69. The van der Waals surface area contributed by atoms with E-state index in [0.29, 0.717) is 0 Å². The topological polar surface area (TPSA) is 8.17 Å². The summed E-state index contributed by atoms with van der Waals surface area (Å²) in [5.41, 5.74) is 10.8. The van der Waals surface area contributed by atoms with Crippen molar-refractivity contribution in [1.29, 1.82) is 0 Å². The Kier molecular flexibility index (Phi) is 4.96. The lowest BCUT2D eigenvalue weighted by Gasteiger charge is -2.36. The predicted octanol–water partition coefficient (Wildman–Crippen LogP) is 7.12. The van der Waals surface area contributed by atoms with Gasteiger partial charge in [0.1, 0.15) is 0 Å². The Bertz CT molecular complexity index is 1510. The standard InChI is InChI=1S/C33H35BN2/c1-32(2,3)24-16-12-14-22-23-15-13-17-25(33(4,5)6)31(23)36(30(22)24)34-26-18-8-10-20-28(26)35(7)29-21-11-9-19-27(29)34/h8-21H,1-7H3. The van der Waals surface area contributed by atoms with Crippen molar-refractivity contribution < 1.29 is 0 Å². The molecule has 5 aromatic rings. The lowest BCUT2D eigenvalue weighted by molar-refractivity contribution is 0.592. The van der Waals surface area contributed by atoms with Gasteiger partial charge >= 0.3 is 6.85 Å². The fraction of sp³-hybridized carbons (Fsp3) is 0.273. The minimum atomic E-state index is 0.0119. The first kappa shape index (κ1) is 23.0. The van der Waals surface area contributed by atoms with Crippen LogP contribution in [0, 0.1) is 0 Å². The summed E-state index contributed by atoms with van der Waals surface area (Å²) in [7, 11) is 2.20. The number of benzene rings is 4. The largest absolute Gasteiger partial charge is 0.375 e. The van der Waals surface area contributed by atoms with Crippen LogP contribution >= 0.6 is 0 Å². The zero-order valence-corrected chi connectivity index (χ0v) is 22.6. The molecule has 0 saturated heterocycles. The molecule has 0 amide bonds. The summed E-state index contributed by atoms with van der Waals surface area (Å²) in [6.45, 7) is 14.1. The van der Waals surface area contributed by atoms with E-state index in [9.17, 15) is 0 Å². The molecular weight excluding hydrogens is 435 g/mol. The molecule has 0 saturated carbocycles. The molecule has 1 aliphatic rings. The molecule has 36 heavy (non-hydrogen) atoms. The van der Waals surface area contributed by atoms with Crippen LogP contribution in [0.3, 0.4) is 0 Å². The monoisotopic (exact) mass is 470 g/mol. The number of fused-ring (bicyclic) bond motifs is 5. The molecule has 2 heterocycles. The SMILES string of the molecule is CN1c2ccccc2B(n2c3c(C(C)(C)C)cccc3c3cccc(C(C)(C)C)c32)c2ccccc21. The second-order valence-corrected chi connectivity index (χ2v) is 12.4. The molecule has 0 N–H and O–H groups in total. The van der Waals surface area contributed by atoms with E-state index in [1.165, 1.54) is 55.2 Å². The van der Waals surface area contributed by atoms with Crippen molar-refractivity contribution >= 4 is 51.0 Å². The summed E-state index contributed by atoms with van der Waals surface area (Å²) in [4.78, 5) is 2.35. The highest BCUT2D eigenvalue weighted by Crippen LogP contribution is 2.41. The molecule has 4 aromatic carbocycles. The fourth-order valence-corrected chi connectivity index (χ4v) is 6.25. The zero-order chi connectivity index (χ0) is 25.4. The van der Waals surface area contributed by atoms with Gasteiger partial charge in [-0.15, -0.1) is 0 Å². The predicted molar refractivity (Wildman–Crippen MR) is 158 cm³/mol. The van der Waals surface area contributed by atoms with Gasteiger partial charge in [0.05, 0.1) is 0 Å². The third kappa shape index (κ3) is 3.25. The molecule has 0 fully saturated rings. The molecular formula is C33H35BN2. The van der Waals surface area contributed by atoms with Crippen LogP contribution in [0.2, 0.25) is 0 Å². The lowest BCUT2D eigenvalue weighted by Crippen LogP contribution is -2.55. The second kappa shape index (κ2) is 7.77. The summed E-state index contributed by atoms with van der Waals surface area (Å²) in [6.07, 6.45) is 0. The molecule has 0 spiro atoms. The third-order valence-corrected chi connectivity index (χ3v) is 7.90. The van der Waals surface area contributed by atoms with Crippen molar-refractivity contribution in [2.45, 2.75) is 52.4 Å². The maximum absolute atomic E-state index is 2.69. The second-order valence-electron chi connectivity index (χ2n) is 12.4. The van der Waals surface area contributed by atoms with E-state index < -0.39 is 0 Å². The molecule has 0 atom stereocenters. The molecule has 0 aliphatic carbocycles. The fourth-order valence-electron chi connectivity index (χ4n) is 6.25. The van der Waals surface area contributed by atoms with Crippen LogP contribution < -0.4 is 15.8 Å². The van der Waals surface area contributed by atoms with Crippen LogP contribution in [-0.2, 0) is 10.8 Å². The Morgan fingerprint density at radius 3 is 1.36 bits per heavy atom. The average Bonchev–Trinajstić information content (AvgIpc) is 3.17. The van der Waals surface area contributed by atoms with E-state index in [1.54, 1.807) is 0 Å². The summed E-state index contributed by atoms with van der Waals surface area (Å²) in [5.74, 6) is 0. The highest BCUT2D eigenvalue weighted by Gasteiger charge is 2.38. The summed E-state index contributed by atoms with van der Waals surface area (Å²) >= 11 is 0. The number of para-hydroxylation sites is 4. The first-order valence-electron chi connectivity index (χ1n) is 13.1. The molecule has 1 aromatic heterocycles. The van der Waals surface area contributed by atoms with Crippen molar-refractivity contribution in [2.24, 2.45) is 0 Å². The van der Waals surface area contributed by atoms with Gasteiger partial charge in [-0.2, -0.15) is 0 Å². The van der Waals surface area contributed by atoms with Crippen LogP contribution in [0.25, 0.3) is 21.8 Å². The average molecular weight is 470 g/mol. The summed E-state index contributed by atoms with van der Waals surface area (Å²) in [5, 5.41) is 2.69. The number of hydrogen-bond acceptors (Lipinski definition) is 1. The Balaban J connectivity index is 1.87. The summed E-state index contributed by atoms with van der Waals surface area (Å²) in [6, 6.07) is 31.7. The first-order valence-corrected chi connectivity index (χ1v) is 13.1. The van der Waals surface area contributed by atoms with Crippen molar-refractivity contribution in [2.75, 3.05) is 11.9 Å². The van der Waals surface area contributed by atoms with Crippen molar-refractivity contribution in [1.82, 2.24) is 4.48 Å². The molecule has 1 aliphatic heterocycles. The van der Waals surface area contributed by atoms with E-state index in [4.69, 9.17) is 0 Å². The van der Waals surface area contributed by atoms with Crippen LogP contribution in [0.15, 0.2) is 84.9 Å². The van der Waals surface area contributed by atoms with Gasteiger partial charge in [0.15, 0.2) is 0 Å². The molecule has 0 bridgehead atoms. The minimum Gasteiger partial charge on any atom is -0.375 e. The molecule has 0 radical (unpaired) electrons. The number of aromatic nitrogens is 1. The third-order valence-electron chi connectivity index (χ3n) is 7.90. The summed E-state index contributed by atoms with van der Waals surface area (Å²) < 4.78 is 2.69.